The van der Waals surface area contributed by atoms with E-state index in [-0.39, 0.29) is 11.8 Å². The second-order valence-corrected chi connectivity index (χ2v) is 6.77. The predicted octanol–water partition coefficient (Wildman–Crippen LogP) is 5.00. The van der Waals surface area contributed by atoms with Crippen LogP contribution in [-0.4, -0.2) is 26.0 Å². The molecule has 0 bridgehead atoms. The number of hydrogen-bond donors (Lipinski definition) is 2. The lowest BCUT2D eigenvalue weighted by molar-refractivity contribution is -0.112. The summed E-state index contributed by atoms with van der Waals surface area (Å²) in [5.41, 5.74) is 2.85. The molecule has 2 N–H and O–H groups in total. The second-order valence-electron chi connectivity index (χ2n) is 6.77. The maximum atomic E-state index is 12.7. The van der Waals surface area contributed by atoms with Crippen molar-refractivity contribution in [1.29, 1.82) is 0 Å². The van der Waals surface area contributed by atoms with Crippen molar-refractivity contribution < 1.29 is 19.1 Å². The van der Waals surface area contributed by atoms with Crippen molar-refractivity contribution in [2.75, 3.05) is 24.9 Å². The van der Waals surface area contributed by atoms with E-state index in [2.05, 4.69) is 10.6 Å². The Morgan fingerprint density at radius 2 is 1.29 bits per heavy atom. The van der Waals surface area contributed by atoms with Crippen LogP contribution in [0.1, 0.15) is 22.8 Å². The van der Waals surface area contributed by atoms with E-state index in [4.69, 9.17) is 9.47 Å². The molecule has 3 aromatic carbocycles. The minimum atomic E-state index is -0.278. The number of nitrogens with one attached hydrogen (secondary N) is 2. The highest BCUT2D eigenvalue weighted by molar-refractivity contribution is 6.08. The Bertz CT molecular complexity index is 1090. The van der Waals surface area contributed by atoms with Gasteiger partial charge in [0.2, 0.25) is 0 Å². The van der Waals surface area contributed by atoms with Crippen molar-refractivity contribution in [1.82, 2.24) is 0 Å². The number of amides is 2. The van der Waals surface area contributed by atoms with Gasteiger partial charge in [0.15, 0.2) is 0 Å². The molecule has 0 saturated carbocycles. The van der Waals surface area contributed by atoms with Gasteiger partial charge in [0.1, 0.15) is 11.5 Å². The molecule has 0 aromatic heterocycles. The Labute approximate surface area is 181 Å². The zero-order chi connectivity index (χ0) is 22.2. The third kappa shape index (κ3) is 5.51. The molecule has 0 fully saturated rings. The highest BCUT2D eigenvalue weighted by atomic mass is 16.5. The molecule has 0 spiro atoms. The van der Waals surface area contributed by atoms with E-state index in [1.165, 1.54) is 14.2 Å². The van der Waals surface area contributed by atoms with Crippen LogP contribution in [0.15, 0.2) is 78.4 Å². The van der Waals surface area contributed by atoms with Crippen molar-refractivity contribution in [3.05, 3.63) is 89.5 Å². The van der Waals surface area contributed by atoms with E-state index in [1.807, 2.05) is 36.4 Å². The van der Waals surface area contributed by atoms with Gasteiger partial charge in [0, 0.05) is 23.3 Å². The molecule has 0 aliphatic heterocycles. The molecule has 0 aliphatic carbocycles. The van der Waals surface area contributed by atoms with Crippen molar-refractivity contribution in [3.63, 3.8) is 0 Å². The summed E-state index contributed by atoms with van der Waals surface area (Å²) in [7, 11) is 2.99. The van der Waals surface area contributed by atoms with Crippen molar-refractivity contribution >= 4 is 29.3 Å². The van der Waals surface area contributed by atoms with E-state index in [9.17, 15) is 9.59 Å². The van der Waals surface area contributed by atoms with Gasteiger partial charge in [-0.25, -0.2) is 0 Å². The van der Waals surface area contributed by atoms with E-state index < -0.39 is 0 Å². The quantitative estimate of drug-likeness (QED) is 0.532. The molecule has 0 saturated heterocycles. The number of ether oxygens (including phenoxy) is 2. The first-order chi connectivity index (χ1) is 15.0. The van der Waals surface area contributed by atoms with Gasteiger partial charge in [0.25, 0.3) is 11.8 Å². The number of carbonyl (C=O) groups excluding carboxylic acids is 2. The molecule has 3 rings (SSSR count). The number of anilines is 2. The summed E-state index contributed by atoms with van der Waals surface area (Å²) < 4.78 is 10.9. The van der Waals surface area contributed by atoms with Crippen LogP contribution >= 0.6 is 0 Å². The fourth-order valence-corrected chi connectivity index (χ4v) is 2.96. The third-order valence-corrected chi connectivity index (χ3v) is 4.59. The molecule has 158 valence electrons. The number of rotatable bonds is 7. The smallest absolute Gasteiger partial charge is 0.255 e. The Balaban J connectivity index is 1.83. The molecule has 0 atom stereocenters. The maximum absolute atomic E-state index is 12.7. The second kappa shape index (κ2) is 10.1. The molecule has 2 amide bonds. The molecule has 6 nitrogen and oxygen atoms in total. The molecule has 31 heavy (non-hydrogen) atoms. The van der Waals surface area contributed by atoms with Crippen LogP contribution in [0.25, 0.3) is 6.08 Å². The van der Waals surface area contributed by atoms with Gasteiger partial charge in [-0.05, 0) is 30.7 Å². The van der Waals surface area contributed by atoms with E-state index >= 15 is 0 Å². The average molecular weight is 416 g/mol. The van der Waals surface area contributed by atoms with Gasteiger partial charge in [-0.15, -0.1) is 0 Å². The highest BCUT2D eigenvalue weighted by Gasteiger charge is 2.16. The summed E-state index contributed by atoms with van der Waals surface area (Å²) in [6, 6.07) is 21.7. The van der Waals surface area contributed by atoms with E-state index in [0.29, 0.717) is 34.0 Å². The van der Waals surface area contributed by atoms with E-state index in [1.54, 1.807) is 49.4 Å². The fourth-order valence-electron chi connectivity index (χ4n) is 2.96. The van der Waals surface area contributed by atoms with Crippen LogP contribution in [-0.2, 0) is 4.79 Å². The number of benzene rings is 3. The van der Waals surface area contributed by atoms with Crippen molar-refractivity contribution in [3.8, 4) is 11.5 Å². The highest BCUT2D eigenvalue weighted by Crippen LogP contribution is 2.37. The summed E-state index contributed by atoms with van der Waals surface area (Å²) in [5.74, 6) is 0.236. The molecule has 0 unspecified atom stereocenters. The summed E-state index contributed by atoms with van der Waals surface area (Å²) >= 11 is 0. The lowest BCUT2D eigenvalue weighted by Crippen LogP contribution is -2.15. The lowest BCUT2D eigenvalue weighted by atomic mass is 10.1. The summed E-state index contributed by atoms with van der Waals surface area (Å²) in [5, 5.41) is 5.66. The zero-order valence-corrected chi connectivity index (χ0v) is 17.6. The Morgan fingerprint density at radius 3 is 1.84 bits per heavy atom. The first-order valence-electron chi connectivity index (χ1n) is 9.69. The zero-order valence-electron chi connectivity index (χ0n) is 17.6. The van der Waals surface area contributed by atoms with Gasteiger partial charge in [-0.1, -0.05) is 48.5 Å². The largest absolute Gasteiger partial charge is 0.494 e. The van der Waals surface area contributed by atoms with Gasteiger partial charge in [0.05, 0.1) is 25.6 Å². The minimum Gasteiger partial charge on any atom is -0.494 e. The number of hydrogen-bond acceptors (Lipinski definition) is 4. The van der Waals surface area contributed by atoms with Crippen molar-refractivity contribution in [2.45, 2.75) is 6.92 Å². The van der Waals surface area contributed by atoms with Crippen LogP contribution in [0.5, 0.6) is 11.5 Å². The van der Waals surface area contributed by atoms with Crippen LogP contribution in [0.4, 0.5) is 11.4 Å². The van der Waals surface area contributed by atoms with Gasteiger partial charge >= 0.3 is 0 Å². The van der Waals surface area contributed by atoms with Gasteiger partial charge < -0.3 is 20.1 Å². The molecular formula is C25H24N2O4. The molecule has 3 aromatic rings. The monoisotopic (exact) mass is 416 g/mol. The Hall–Kier alpha value is -4.06. The van der Waals surface area contributed by atoms with Crippen molar-refractivity contribution in [2.24, 2.45) is 0 Å². The summed E-state index contributed by atoms with van der Waals surface area (Å²) in [6.07, 6.45) is 1.80. The molecule has 0 radical (unpaired) electrons. The molecule has 0 aliphatic rings. The number of methoxy groups -OCH3 is 2. The van der Waals surface area contributed by atoms with E-state index in [0.717, 1.165) is 5.56 Å². The Kier molecular flexibility index (Phi) is 7.06. The lowest BCUT2D eigenvalue weighted by Gasteiger charge is -2.16. The maximum Gasteiger partial charge on any atom is 0.255 e. The first-order valence-corrected chi connectivity index (χ1v) is 9.69. The SMILES string of the molecule is COc1cc(NC(=O)c2ccccc2)c(OC)cc1NC(=O)/C(C)=C\c1ccccc1. The summed E-state index contributed by atoms with van der Waals surface area (Å²) in [4.78, 5) is 25.2. The Morgan fingerprint density at radius 1 is 0.774 bits per heavy atom. The molecule has 6 heteroatoms. The molecular weight excluding hydrogens is 392 g/mol. The van der Waals surface area contributed by atoms with Crippen LogP contribution in [0.2, 0.25) is 0 Å². The normalized spacial score (nSPS) is 10.9. The van der Waals surface area contributed by atoms with Gasteiger partial charge in [-0.2, -0.15) is 0 Å². The van der Waals surface area contributed by atoms with Crippen LogP contribution in [0.3, 0.4) is 0 Å². The molecule has 0 heterocycles. The van der Waals surface area contributed by atoms with Gasteiger partial charge in [-0.3, -0.25) is 9.59 Å². The minimum absolute atomic E-state index is 0.273. The topological polar surface area (TPSA) is 76.7 Å². The third-order valence-electron chi connectivity index (χ3n) is 4.59. The fraction of sp³-hybridized carbons (Fsp3) is 0.120. The first kappa shape index (κ1) is 21.6. The standard InChI is InChI=1S/C25H24N2O4/c1-17(14-18-10-6-4-7-11-18)24(28)26-20-15-23(31-3)21(16-22(20)30-2)27-25(29)19-12-8-5-9-13-19/h4-16H,1-3H3,(H,26,28)(H,27,29)/b17-14-. The predicted molar refractivity (Wildman–Crippen MR) is 123 cm³/mol. The number of carbonyl (C=O) groups is 2. The van der Waals surface area contributed by atoms with Crippen LogP contribution in [0, 0.1) is 0 Å². The summed E-state index contributed by atoms with van der Waals surface area (Å²) in [6.45, 7) is 1.74. The average Bonchev–Trinajstić information content (AvgIpc) is 2.80. The van der Waals surface area contributed by atoms with Crippen LogP contribution < -0.4 is 20.1 Å².